The first-order chi connectivity index (χ1) is 10.7. The van der Waals surface area contributed by atoms with Crippen LogP contribution < -0.4 is 9.46 Å². The highest BCUT2D eigenvalue weighted by atomic mass is 79.9. The van der Waals surface area contributed by atoms with E-state index in [0.29, 0.717) is 6.07 Å². The van der Waals surface area contributed by atoms with Gasteiger partial charge in [0, 0.05) is 6.07 Å². The number of sulfonamides is 1. The van der Waals surface area contributed by atoms with E-state index in [1.54, 1.807) is 19.1 Å². The summed E-state index contributed by atoms with van der Waals surface area (Å²) >= 11 is 2.92. The van der Waals surface area contributed by atoms with Crippen molar-refractivity contribution >= 4 is 31.6 Å². The SMILES string of the molecule is Cc1ccc(S(=O)(=O)Nc2cc(Br)c(OC(F)F)cc2F)cc1. The maximum atomic E-state index is 13.9. The fourth-order valence-electron chi connectivity index (χ4n) is 1.71. The summed E-state index contributed by atoms with van der Waals surface area (Å²) in [5.74, 6) is -1.48. The zero-order valence-electron chi connectivity index (χ0n) is 11.7. The molecule has 0 bridgehead atoms. The molecule has 9 heteroatoms. The van der Waals surface area contributed by atoms with Gasteiger partial charge in [0.05, 0.1) is 15.1 Å². The topological polar surface area (TPSA) is 55.4 Å². The minimum Gasteiger partial charge on any atom is -0.434 e. The van der Waals surface area contributed by atoms with Gasteiger partial charge in [-0.05, 0) is 41.1 Å². The van der Waals surface area contributed by atoms with Gasteiger partial charge in [0.2, 0.25) is 0 Å². The van der Waals surface area contributed by atoms with Gasteiger partial charge in [0.15, 0.2) is 5.82 Å². The summed E-state index contributed by atoms with van der Waals surface area (Å²) in [6.07, 6.45) is 0. The number of hydrogen-bond acceptors (Lipinski definition) is 3. The van der Waals surface area contributed by atoms with Gasteiger partial charge in [0.25, 0.3) is 10.0 Å². The lowest BCUT2D eigenvalue weighted by Crippen LogP contribution is -2.14. The number of nitrogens with one attached hydrogen (secondary N) is 1. The molecular weight excluding hydrogens is 399 g/mol. The zero-order chi connectivity index (χ0) is 17.2. The highest BCUT2D eigenvalue weighted by Crippen LogP contribution is 2.32. The van der Waals surface area contributed by atoms with Crippen LogP contribution in [0.1, 0.15) is 5.56 Å². The Morgan fingerprint density at radius 2 is 1.78 bits per heavy atom. The number of alkyl halides is 2. The van der Waals surface area contributed by atoms with Crippen LogP contribution >= 0.6 is 15.9 Å². The summed E-state index contributed by atoms with van der Waals surface area (Å²) in [5, 5.41) is 0. The van der Waals surface area contributed by atoms with E-state index >= 15 is 0 Å². The summed E-state index contributed by atoms with van der Waals surface area (Å²) in [6.45, 7) is -1.33. The normalized spacial score (nSPS) is 11.6. The van der Waals surface area contributed by atoms with Gasteiger partial charge >= 0.3 is 6.61 Å². The molecule has 1 N–H and O–H groups in total. The third-order valence-corrected chi connectivity index (χ3v) is 4.81. The third-order valence-electron chi connectivity index (χ3n) is 2.81. The van der Waals surface area contributed by atoms with Crippen molar-refractivity contribution in [3.8, 4) is 5.75 Å². The number of hydrogen-bond donors (Lipinski definition) is 1. The van der Waals surface area contributed by atoms with E-state index in [4.69, 9.17) is 0 Å². The number of rotatable bonds is 5. The predicted molar refractivity (Wildman–Crippen MR) is 82.7 cm³/mol. The summed E-state index contributed by atoms with van der Waals surface area (Å²) in [5.41, 5.74) is 0.477. The Labute approximate surface area is 139 Å². The molecule has 0 aliphatic rings. The molecular formula is C14H11BrF3NO3S. The molecule has 2 aromatic rings. The molecule has 0 atom stereocenters. The van der Waals surface area contributed by atoms with E-state index in [9.17, 15) is 21.6 Å². The van der Waals surface area contributed by atoms with E-state index in [1.807, 2.05) is 0 Å². The van der Waals surface area contributed by atoms with Crippen LogP contribution in [0.3, 0.4) is 0 Å². The Morgan fingerprint density at radius 1 is 1.17 bits per heavy atom. The van der Waals surface area contributed by atoms with Gasteiger partial charge in [-0.25, -0.2) is 12.8 Å². The Bertz CT molecular complexity index is 811. The highest BCUT2D eigenvalue weighted by Gasteiger charge is 2.19. The van der Waals surface area contributed by atoms with Crippen LogP contribution in [0.2, 0.25) is 0 Å². The van der Waals surface area contributed by atoms with Gasteiger partial charge in [-0.15, -0.1) is 0 Å². The second kappa shape index (κ2) is 6.79. The second-order valence-corrected chi connectivity index (χ2v) is 7.10. The number of benzene rings is 2. The predicted octanol–water partition coefficient (Wildman–Crippen LogP) is 4.30. The smallest absolute Gasteiger partial charge is 0.387 e. The molecule has 0 aliphatic heterocycles. The Balaban J connectivity index is 2.32. The van der Waals surface area contributed by atoms with Gasteiger partial charge < -0.3 is 4.74 Å². The van der Waals surface area contributed by atoms with Crippen molar-refractivity contribution < 1.29 is 26.3 Å². The van der Waals surface area contributed by atoms with Crippen molar-refractivity contribution in [1.82, 2.24) is 0 Å². The summed E-state index contributed by atoms with van der Waals surface area (Å²) in [7, 11) is -4.01. The van der Waals surface area contributed by atoms with Gasteiger partial charge in [-0.2, -0.15) is 8.78 Å². The zero-order valence-corrected chi connectivity index (χ0v) is 14.1. The monoisotopic (exact) mass is 409 g/mol. The lowest BCUT2D eigenvalue weighted by atomic mass is 10.2. The molecule has 0 amide bonds. The molecule has 0 radical (unpaired) electrons. The maximum Gasteiger partial charge on any atom is 0.387 e. The van der Waals surface area contributed by atoms with Gasteiger partial charge in [0.1, 0.15) is 5.75 Å². The van der Waals surface area contributed by atoms with E-state index in [-0.39, 0.29) is 15.1 Å². The maximum absolute atomic E-state index is 13.9. The molecule has 0 aliphatic carbocycles. The van der Waals surface area contributed by atoms with Crippen LogP contribution in [-0.2, 0) is 10.0 Å². The molecule has 2 aromatic carbocycles. The number of ether oxygens (including phenoxy) is 1. The highest BCUT2D eigenvalue weighted by molar-refractivity contribution is 9.10. The van der Waals surface area contributed by atoms with Crippen molar-refractivity contribution in [2.45, 2.75) is 18.4 Å². The lowest BCUT2D eigenvalue weighted by molar-refractivity contribution is -0.0504. The van der Waals surface area contributed by atoms with Crippen LogP contribution in [0.15, 0.2) is 45.8 Å². The largest absolute Gasteiger partial charge is 0.434 e. The first-order valence-electron chi connectivity index (χ1n) is 6.22. The molecule has 0 unspecified atom stereocenters. The fraction of sp³-hybridized carbons (Fsp3) is 0.143. The molecule has 0 saturated carbocycles. The average molecular weight is 410 g/mol. The van der Waals surface area contributed by atoms with E-state index < -0.39 is 28.2 Å². The van der Waals surface area contributed by atoms with Crippen molar-refractivity contribution in [2.75, 3.05) is 4.72 Å². The Kier molecular flexibility index (Phi) is 5.20. The molecule has 0 spiro atoms. The number of anilines is 1. The van der Waals surface area contributed by atoms with Crippen LogP contribution in [0.5, 0.6) is 5.75 Å². The Morgan fingerprint density at radius 3 is 2.35 bits per heavy atom. The van der Waals surface area contributed by atoms with E-state index in [2.05, 4.69) is 25.4 Å². The average Bonchev–Trinajstić information content (AvgIpc) is 2.44. The van der Waals surface area contributed by atoms with Crippen molar-refractivity contribution in [3.05, 3.63) is 52.3 Å². The van der Waals surface area contributed by atoms with Crippen LogP contribution in [0.25, 0.3) is 0 Å². The molecule has 124 valence electrons. The first-order valence-corrected chi connectivity index (χ1v) is 8.50. The quantitative estimate of drug-likeness (QED) is 0.800. The van der Waals surface area contributed by atoms with E-state index in [1.165, 1.54) is 12.1 Å². The summed E-state index contributed by atoms with van der Waals surface area (Å²) in [6, 6.07) is 7.63. The standard InChI is InChI=1S/C14H11BrF3NO3S/c1-8-2-4-9(5-3-8)23(20,21)19-12-6-10(15)13(7-11(12)16)22-14(17)18/h2-7,14,19H,1H3. The van der Waals surface area contributed by atoms with Crippen molar-refractivity contribution in [3.63, 3.8) is 0 Å². The second-order valence-electron chi connectivity index (χ2n) is 4.56. The minimum atomic E-state index is -4.01. The first kappa shape index (κ1) is 17.6. The van der Waals surface area contributed by atoms with Crippen LogP contribution in [0, 0.1) is 12.7 Å². The van der Waals surface area contributed by atoms with Crippen LogP contribution in [-0.4, -0.2) is 15.0 Å². The van der Waals surface area contributed by atoms with Crippen molar-refractivity contribution in [1.29, 1.82) is 0 Å². The molecule has 23 heavy (non-hydrogen) atoms. The molecule has 0 saturated heterocycles. The van der Waals surface area contributed by atoms with Gasteiger partial charge in [-0.3, -0.25) is 4.72 Å². The molecule has 0 aromatic heterocycles. The van der Waals surface area contributed by atoms with E-state index in [0.717, 1.165) is 11.6 Å². The third kappa shape index (κ3) is 4.38. The lowest BCUT2D eigenvalue weighted by Gasteiger charge is -2.12. The number of aryl methyl sites for hydroxylation is 1. The molecule has 2 rings (SSSR count). The van der Waals surface area contributed by atoms with Crippen LogP contribution in [0.4, 0.5) is 18.9 Å². The van der Waals surface area contributed by atoms with Gasteiger partial charge in [-0.1, -0.05) is 17.7 Å². The molecule has 4 nitrogen and oxygen atoms in total. The summed E-state index contributed by atoms with van der Waals surface area (Å²) in [4.78, 5) is -0.0495. The fourth-order valence-corrected chi connectivity index (χ4v) is 3.21. The minimum absolute atomic E-state index is 0.0131. The summed E-state index contributed by atoms with van der Waals surface area (Å²) < 4.78 is 68.8. The number of halogens is 4. The van der Waals surface area contributed by atoms with Crippen molar-refractivity contribution in [2.24, 2.45) is 0 Å². The Hall–Kier alpha value is -1.74. The molecule has 0 heterocycles. The molecule has 0 fully saturated rings.